The zero-order valence-corrected chi connectivity index (χ0v) is 17.2. The third kappa shape index (κ3) is 4.99. The van der Waals surface area contributed by atoms with Crippen LogP contribution < -0.4 is 5.32 Å². The van der Waals surface area contributed by atoms with E-state index in [2.05, 4.69) is 5.32 Å². The monoisotopic (exact) mass is 407 g/mol. The van der Waals surface area contributed by atoms with Crippen LogP contribution in [0.5, 0.6) is 0 Å². The van der Waals surface area contributed by atoms with Crippen molar-refractivity contribution in [3.8, 4) is 0 Å². The Hall–Kier alpha value is -2.65. The van der Waals surface area contributed by atoms with Crippen LogP contribution in [0.15, 0.2) is 41.4 Å². The van der Waals surface area contributed by atoms with Crippen LogP contribution in [-0.2, 0) is 33.0 Å². The first-order valence-electron chi connectivity index (χ1n) is 8.87. The van der Waals surface area contributed by atoms with E-state index >= 15 is 0 Å². The van der Waals surface area contributed by atoms with Crippen molar-refractivity contribution in [3.05, 3.63) is 47.8 Å². The summed E-state index contributed by atoms with van der Waals surface area (Å²) in [6.07, 6.45) is 2.15. The van der Waals surface area contributed by atoms with Gasteiger partial charge in [0.15, 0.2) is 0 Å². The van der Waals surface area contributed by atoms with Gasteiger partial charge in [-0.1, -0.05) is 19.1 Å². The molecule has 0 aliphatic rings. The van der Waals surface area contributed by atoms with E-state index in [1.54, 1.807) is 20.0 Å². The van der Waals surface area contributed by atoms with E-state index in [1.807, 2.05) is 25.1 Å². The van der Waals surface area contributed by atoms with Crippen LogP contribution >= 0.6 is 0 Å². The lowest BCUT2D eigenvalue weighted by Gasteiger charge is -2.16. The van der Waals surface area contributed by atoms with Gasteiger partial charge in [-0.2, -0.15) is 4.31 Å². The van der Waals surface area contributed by atoms with Gasteiger partial charge in [0.25, 0.3) is 0 Å². The number of likely N-dealkylation sites (N-methyl/N-ethyl adjacent to an activating group) is 1. The minimum Gasteiger partial charge on any atom is -0.461 e. The molecule has 0 saturated carbocycles. The Balaban J connectivity index is 2.12. The van der Waals surface area contributed by atoms with E-state index in [9.17, 15) is 18.0 Å². The number of amides is 1. The van der Waals surface area contributed by atoms with E-state index in [0.717, 1.165) is 16.3 Å². The number of benzene rings is 1. The minimum absolute atomic E-state index is 0.0821. The largest absolute Gasteiger partial charge is 0.461 e. The molecule has 1 aromatic carbocycles. The molecule has 8 nitrogen and oxygen atoms in total. The molecular formula is C19H25N3O5S. The molecule has 0 radical (unpaired) electrons. The van der Waals surface area contributed by atoms with E-state index in [1.165, 1.54) is 23.9 Å². The quantitative estimate of drug-likeness (QED) is 0.675. The number of hydrogen-bond acceptors (Lipinski definition) is 5. The third-order valence-corrected chi connectivity index (χ3v) is 5.93. The Morgan fingerprint density at radius 3 is 2.57 bits per heavy atom. The standard InChI is InChI=1S/C19H25N3O5S/c1-5-14-8-7-9-15(10-14)20-18(23)13-22(4)28(25,26)16-11-17(21(3)12-16)19(24)27-6-2/h7-12H,5-6,13H2,1-4H3,(H,20,23). The maximum atomic E-state index is 12.7. The van der Waals surface area contributed by atoms with Gasteiger partial charge in [-0.25, -0.2) is 13.2 Å². The van der Waals surface area contributed by atoms with Gasteiger partial charge < -0.3 is 14.6 Å². The molecular weight excluding hydrogens is 382 g/mol. The Morgan fingerprint density at radius 2 is 1.93 bits per heavy atom. The Bertz CT molecular complexity index is 966. The molecule has 1 N–H and O–H groups in total. The zero-order valence-electron chi connectivity index (χ0n) is 16.4. The van der Waals surface area contributed by atoms with Crippen molar-refractivity contribution in [3.63, 3.8) is 0 Å². The summed E-state index contributed by atoms with van der Waals surface area (Å²) in [6, 6.07) is 8.61. The fourth-order valence-corrected chi connectivity index (χ4v) is 3.82. The first kappa shape index (κ1) is 21.6. The molecule has 9 heteroatoms. The lowest BCUT2D eigenvalue weighted by molar-refractivity contribution is -0.116. The maximum Gasteiger partial charge on any atom is 0.354 e. The fraction of sp³-hybridized carbons (Fsp3) is 0.368. The van der Waals surface area contributed by atoms with Crippen molar-refractivity contribution in [2.75, 3.05) is 25.5 Å². The first-order valence-corrected chi connectivity index (χ1v) is 10.3. The maximum absolute atomic E-state index is 12.7. The van der Waals surface area contributed by atoms with Gasteiger partial charge in [0.2, 0.25) is 15.9 Å². The number of nitrogens with one attached hydrogen (secondary N) is 1. The average molecular weight is 407 g/mol. The van der Waals surface area contributed by atoms with Crippen molar-refractivity contribution in [1.29, 1.82) is 0 Å². The van der Waals surface area contributed by atoms with E-state index in [4.69, 9.17) is 4.74 Å². The van der Waals surface area contributed by atoms with Crippen LogP contribution in [0.2, 0.25) is 0 Å². The van der Waals surface area contributed by atoms with Crippen LogP contribution in [0.25, 0.3) is 0 Å². The second kappa shape index (κ2) is 9.03. The summed E-state index contributed by atoms with van der Waals surface area (Å²) in [6.45, 7) is 3.50. The number of ether oxygens (including phenoxy) is 1. The number of aryl methyl sites for hydroxylation is 2. The highest BCUT2D eigenvalue weighted by Crippen LogP contribution is 2.18. The van der Waals surface area contributed by atoms with Gasteiger partial charge in [0.1, 0.15) is 10.6 Å². The summed E-state index contributed by atoms with van der Waals surface area (Å²) in [5, 5.41) is 2.70. The van der Waals surface area contributed by atoms with E-state index in [-0.39, 0.29) is 23.7 Å². The molecule has 1 aromatic heterocycles. The summed E-state index contributed by atoms with van der Waals surface area (Å²) in [5.74, 6) is -1.07. The molecule has 0 atom stereocenters. The number of aromatic nitrogens is 1. The van der Waals surface area contributed by atoms with Gasteiger partial charge in [0, 0.05) is 26.0 Å². The lowest BCUT2D eigenvalue weighted by Crippen LogP contribution is -2.34. The van der Waals surface area contributed by atoms with Gasteiger partial charge in [-0.3, -0.25) is 4.79 Å². The first-order chi connectivity index (χ1) is 13.2. The number of esters is 1. The van der Waals surface area contributed by atoms with E-state index in [0.29, 0.717) is 5.69 Å². The molecule has 2 rings (SSSR count). The van der Waals surface area contributed by atoms with Crippen molar-refractivity contribution < 1.29 is 22.7 Å². The van der Waals surface area contributed by atoms with Gasteiger partial charge in [0.05, 0.1) is 13.2 Å². The van der Waals surface area contributed by atoms with Crippen molar-refractivity contribution >= 4 is 27.6 Å². The number of carbonyl (C=O) groups excluding carboxylic acids is 2. The molecule has 0 bridgehead atoms. The number of nitrogens with zero attached hydrogens (tertiary/aromatic N) is 2. The molecule has 0 fully saturated rings. The van der Waals surface area contributed by atoms with Gasteiger partial charge in [-0.05, 0) is 37.1 Å². The molecule has 1 heterocycles. The number of rotatable bonds is 8. The fourth-order valence-electron chi connectivity index (χ4n) is 2.62. The topological polar surface area (TPSA) is 97.7 Å². The second-order valence-corrected chi connectivity index (χ2v) is 8.30. The molecule has 2 aromatic rings. The summed E-state index contributed by atoms with van der Waals surface area (Å²) in [4.78, 5) is 24.1. The molecule has 0 saturated heterocycles. The van der Waals surface area contributed by atoms with Crippen molar-refractivity contribution in [1.82, 2.24) is 8.87 Å². The number of hydrogen-bond donors (Lipinski definition) is 1. The van der Waals surface area contributed by atoms with Crippen LogP contribution in [-0.4, -0.2) is 49.4 Å². The van der Waals surface area contributed by atoms with Crippen LogP contribution in [0.4, 0.5) is 5.69 Å². The molecule has 0 aliphatic heterocycles. The van der Waals surface area contributed by atoms with Gasteiger partial charge in [-0.15, -0.1) is 0 Å². The number of anilines is 1. The molecule has 28 heavy (non-hydrogen) atoms. The lowest BCUT2D eigenvalue weighted by atomic mass is 10.1. The Morgan fingerprint density at radius 1 is 1.21 bits per heavy atom. The molecule has 0 spiro atoms. The molecule has 0 unspecified atom stereocenters. The van der Waals surface area contributed by atoms with Crippen LogP contribution in [0.1, 0.15) is 29.9 Å². The molecule has 0 aliphatic carbocycles. The molecule has 1 amide bonds. The summed E-state index contributed by atoms with van der Waals surface area (Å²) in [5.41, 5.74) is 1.80. The van der Waals surface area contributed by atoms with Gasteiger partial charge >= 0.3 is 5.97 Å². The molecule has 152 valence electrons. The second-order valence-electron chi connectivity index (χ2n) is 6.26. The van der Waals surface area contributed by atoms with Crippen molar-refractivity contribution in [2.45, 2.75) is 25.2 Å². The van der Waals surface area contributed by atoms with Crippen molar-refractivity contribution in [2.24, 2.45) is 7.05 Å². The average Bonchev–Trinajstić information content (AvgIpc) is 3.04. The normalized spacial score (nSPS) is 11.5. The highest BCUT2D eigenvalue weighted by atomic mass is 32.2. The van der Waals surface area contributed by atoms with Crippen LogP contribution in [0.3, 0.4) is 0 Å². The highest BCUT2D eigenvalue weighted by Gasteiger charge is 2.26. The summed E-state index contributed by atoms with van der Waals surface area (Å²) >= 11 is 0. The summed E-state index contributed by atoms with van der Waals surface area (Å²) in [7, 11) is -1.08. The van der Waals surface area contributed by atoms with Crippen LogP contribution in [0, 0.1) is 0 Å². The number of carbonyl (C=O) groups is 2. The SMILES string of the molecule is CCOC(=O)c1cc(S(=O)(=O)N(C)CC(=O)Nc2cccc(CC)c2)cn1C. The zero-order chi connectivity index (χ0) is 20.9. The smallest absolute Gasteiger partial charge is 0.354 e. The number of sulfonamides is 1. The Kier molecular flexibility index (Phi) is 6.98. The summed E-state index contributed by atoms with van der Waals surface area (Å²) < 4.78 is 32.7. The predicted octanol–water partition coefficient (Wildman–Crippen LogP) is 2.02. The minimum atomic E-state index is -3.95. The third-order valence-electron chi connectivity index (χ3n) is 4.16. The highest BCUT2D eigenvalue weighted by molar-refractivity contribution is 7.89. The Labute approximate surface area is 165 Å². The predicted molar refractivity (Wildman–Crippen MR) is 106 cm³/mol. The van der Waals surface area contributed by atoms with E-state index < -0.39 is 21.9 Å².